The molecule has 124 valence electrons. The highest BCUT2D eigenvalue weighted by molar-refractivity contribution is 5.89. The van der Waals surface area contributed by atoms with Gasteiger partial charge in [0.15, 0.2) is 5.82 Å². The Kier molecular flexibility index (Phi) is 4.74. The van der Waals surface area contributed by atoms with Crippen LogP contribution in [0.5, 0.6) is 0 Å². The Morgan fingerprint density at radius 3 is 2.71 bits per heavy atom. The van der Waals surface area contributed by atoms with Crippen molar-refractivity contribution in [2.24, 2.45) is 7.05 Å². The summed E-state index contributed by atoms with van der Waals surface area (Å²) in [5, 5.41) is 11.4. The lowest BCUT2D eigenvalue weighted by Gasteiger charge is -2.03. The summed E-state index contributed by atoms with van der Waals surface area (Å²) in [7, 11) is 1.90. The summed E-state index contributed by atoms with van der Waals surface area (Å²) >= 11 is 0. The molecule has 0 atom stereocenters. The predicted molar refractivity (Wildman–Crippen MR) is 92.7 cm³/mol. The number of hydrogen-bond donors (Lipinski definition) is 1. The lowest BCUT2D eigenvalue weighted by molar-refractivity contribution is -0.116. The normalized spacial score (nSPS) is 10.8. The van der Waals surface area contributed by atoms with E-state index in [-0.39, 0.29) is 5.91 Å². The molecular weight excluding hydrogens is 302 g/mol. The van der Waals surface area contributed by atoms with Crippen molar-refractivity contribution < 1.29 is 4.79 Å². The van der Waals surface area contributed by atoms with Crippen molar-refractivity contribution in [1.29, 1.82) is 0 Å². The molecule has 2 aromatic heterocycles. The van der Waals surface area contributed by atoms with E-state index in [1.165, 1.54) is 5.56 Å². The second-order valence-corrected chi connectivity index (χ2v) is 5.81. The first-order chi connectivity index (χ1) is 11.6. The van der Waals surface area contributed by atoms with Crippen LogP contribution in [0, 0.1) is 6.92 Å². The average Bonchev–Trinajstić information content (AvgIpc) is 3.14. The van der Waals surface area contributed by atoms with E-state index in [1.807, 2.05) is 60.0 Å². The molecule has 0 spiro atoms. The van der Waals surface area contributed by atoms with Gasteiger partial charge in [0.2, 0.25) is 5.91 Å². The summed E-state index contributed by atoms with van der Waals surface area (Å²) in [4.78, 5) is 12.1. The molecule has 0 aliphatic carbocycles. The monoisotopic (exact) mass is 323 g/mol. The Balaban J connectivity index is 1.52. The maximum absolute atomic E-state index is 12.1. The standard InChI is InChI=1S/C18H21N5O/c1-14-16(12-19-22(14)2)8-9-18(24)20-17-10-11-23(21-17)13-15-6-4-3-5-7-15/h3-7,10-12H,8-9,13H2,1-2H3,(H,20,21,24). The van der Waals surface area contributed by atoms with Crippen LogP contribution < -0.4 is 5.32 Å². The second kappa shape index (κ2) is 7.12. The highest BCUT2D eigenvalue weighted by Crippen LogP contribution is 2.10. The molecule has 1 aromatic carbocycles. The molecule has 0 saturated carbocycles. The van der Waals surface area contributed by atoms with Crippen molar-refractivity contribution in [2.45, 2.75) is 26.3 Å². The number of amides is 1. The van der Waals surface area contributed by atoms with Crippen LogP contribution in [-0.2, 0) is 24.8 Å². The van der Waals surface area contributed by atoms with Crippen molar-refractivity contribution in [3.63, 3.8) is 0 Å². The largest absolute Gasteiger partial charge is 0.309 e. The van der Waals surface area contributed by atoms with E-state index in [0.717, 1.165) is 11.3 Å². The van der Waals surface area contributed by atoms with Crippen LogP contribution in [0.2, 0.25) is 0 Å². The molecule has 0 bridgehead atoms. The first-order valence-electron chi connectivity index (χ1n) is 7.96. The number of carbonyl (C=O) groups is 1. The Morgan fingerprint density at radius 1 is 1.21 bits per heavy atom. The Labute approximate surface area is 141 Å². The number of nitrogens with one attached hydrogen (secondary N) is 1. The third kappa shape index (κ3) is 3.90. The molecule has 0 radical (unpaired) electrons. The summed E-state index contributed by atoms with van der Waals surface area (Å²) in [6, 6.07) is 11.9. The molecular formula is C18H21N5O. The number of benzene rings is 1. The van der Waals surface area contributed by atoms with Gasteiger partial charge in [-0.05, 0) is 24.5 Å². The van der Waals surface area contributed by atoms with Gasteiger partial charge in [-0.2, -0.15) is 10.2 Å². The molecule has 2 heterocycles. The number of aryl methyl sites for hydroxylation is 2. The maximum Gasteiger partial charge on any atom is 0.225 e. The van der Waals surface area contributed by atoms with Crippen LogP contribution >= 0.6 is 0 Å². The molecule has 0 aliphatic heterocycles. The number of nitrogens with zero attached hydrogens (tertiary/aromatic N) is 4. The highest BCUT2D eigenvalue weighted by atomic mass is 16.1. The van der Waals surface area contributed by atoms with Crippen molar-refractivity contribution in [3.05, 3.63) is 65.6 Å². The van der Waals surface area contributed by atoms with Crippen molar-refractivity contribution >= 4 is 11.7 Å². The second-order valence-electron chi connectivity index (χ2n) is 5.81. The smallest absolute Gasteiger partial charge is 0.225 e. The fraction of sp³-hybridized carbons (Fsp3) is 0.278. The molecule has 6 heteroatoms. The van der Waals surface area contributed by atoms with Crippen molar-refractivity contribution in [3.8, 4) is 0 Å². The van der Waals surface area contributed by atoms with Crippen LogP contribution in [0.3, 0.4) is 0 Å². The maximum atomic E-state index is 12.1. The van der Waals surface area contributed by atoms with Crippen LogP contribution in [-0.4, -0.2) is 25.5 Å². The molecule has 24 heavy (non-hydrogen) atoms. The molecule has 0 aliphatic rings. The third-order valence-electron chi connectivity index (χ3n) is 4.05. The summed E-state index contributed by atoms with van der Waals surface area (Å²) in [6.07, 6.45) is 4.78. The lowest BCUT2D eigenvalue weighted by Crippen LogP contribution is -2.13. The highest BCUT2D eigenvalue weighted by Gasteiger charge is 2.09. The van der Waals surface area contributed by atoms with Gasteiger partial charge in [0.25, 0.3) is 0 Å². The molecule has 1 amide bonds. The first-order valence-corrected chi connectivity index (χ1v) is 7.96. The summed E-state index contributed by atoms with van der Waals surface area (Å²) in [6.45, 7) is 2.69. The van der Waals surface area contributed by atoms with E-state index in [2.05, 4.69) is 27.6 Å². The molecule has 3 rings (SSSR count). The minimum Gasteiger partial charge on any atom is -0.309 e. The predicted octanol–water partition coefficient (Wildman–Crippen LogP) is 2.54. The SMILES string of the molecule is Cc1c(CCC(=O)Nc2ccn(Cc3ccccc3)n2)cnn1C. The molecule has 0 saturated heterocycles. The van der Waals surface area contributed by atoms with Crippen LogP contribution in [0.15, 0.2) is 48.8 Å². The Bertz CT molecular complexity index is 819. The van der Waals surface area contributed by atoms with Crippen molar-refractivity contribution in [2.75, 3.05) is 5.32 Å². The van der Waals surface area contributed by atoms with Crippen molar-refractivity contribution in [1.82, 2.24) is 19.6 Å². The molecule has 6 nitrogen and oxygen atoms in total. The van der Waals surface area contributed by atoms with Gasteiger partial charge in [-0.25, -0.2) is 0 Å². The van der Waals surface area contributed by atoms with E-state index in [9.17, 15) is 4.79 Å². The van der Waals surface area contributed by atoms with E-state index < -0.39 is 0 Å². The number of anilines is 1. The summed E-state index contributed by atoms with van der Waals surface area (Å²) in [5.41, 5.74) is 3.36. The first kappa shape index (κ1) is 16.0. The summed E-state index contributed by atoms with van der Waals surface area (Å²) < 4.78 is 3.63. The van der Waals surface area contributed by atoms with Gasteiger partial charge >= 0.3 is 0 Å². The molecule has 0 fully saturated rings. The topological polar surface area (TPSA) is 64.7 Å². The zero-order valence-corrected chi connectivity index (χ0v) is 13.9. The Hall–Kier alpha value is -2.89. The van der Waals surface area contributed by atoms with Crippen LogP contribution in [0.4, 0.5) is 5.82 Å². The Morgan fingerprint density at radius 2 is 2.00 bits per heavy atom. The lowest BCUT2D eigenvalue weighted by atomic mass is 10.1. The number of hydrogen-bond acceptors (Lipinski definition) is 3. The van der Waals surface area contributed by atoms with Gasteiger partial charge in [0, 0.05) is 31.4 Å². The molecule has 3 aromatic rings. The summed E-state index contributed by atoms with van der Waals surface area (Å²) in [5.74, 6) is 0.544. The van der Waals surface area contributed by atoms with E-state index in [1.54, 1.807) is 0 Å². The third-order valence-corrected chi connectivity index (χ3v) is 4.05. The van der Waals surface area contributed by atoms with Gasteiger partial charge in [0.1, 0.15) is 0 Å². The molecule has 0 unspecified atom stereocenters. The van der Waals surface area contributed by atoms with E-state index in [4.69, 9.17) is 0 Å². The van der Waals surface area contributed by atoms with E-state index in [0.29, 0.717) is 25.2 Å². The van der Waals surface area contributed by atoms with Gasteiger partial charge in [-0.15, -0.1) is 0 Å². The molecule has 1 N–H and O–H groups in total. The van der Waals surface area contributed by atoms with Crippen LogP contribution in [0.1, 0.15) is 23.2 Å². The minimum atomic E-state index is -0.0387. The van der Waals surface area contributed by atoms with Crippen LogP contribution in [0.25, 0.3) is 0 Å². The quantitative estimate of drug-likeness (QED) is 0.758. The minimum absolute atomic E-state index is 0.0387. The number of aromatic nitrogens is 4. The van der Waals surface area contributed by atoms with E-state index >= 15 is 0 Å². The van der Waals surface area contributed by atoms with Gasteiger partial charge < -0.3 is 5.32 Å². The zero-order chi connectivity index (χ0) is 16.9. The fourth-order valence-corrected chi connectivity index (χ4v) is 2.53. The number of carbonyl (C=O) groups excluding carboxylic acids is 1. The van der Waals surface area contributed by atoms with Gasteiger partial charge in [0.05, 0.1) is 12.7 Å². The zero-order valence-electron chi connectivity index (χ0n) is 13.9. The number of rotatable bonds is 6. The average molecular weight is 323 g/mol. The van der Waals surface area contributed by atoms with Gasteiger partial charge in [-0.3, -0.25) is 14.2 Å². The van der Waals surface area contributed by atoms with Gasteiger partial charge in [-0.1, -0.05) is 30.3 Å². The fourth-order valence-electron chi connectivity index (χ4n) is 2.53.